The van der Waals surface area contributed by atoms with Crippen molar-refractivity contribution in [1.29, 1.82) is 0 Å². The molecule has 4 heterocycles. The third kappa shape index (κ3) is 5.39. The summed E-state index contributed by atoms with van der Waals surface area (Å²) in [5.74, 6) is 0. The van der Waals surface area contributed by atoms with E-state index in [1.54, 1.807) is 22.7 Å². The van der Waals surface area contributed by atoms with Gasteiger partial charge in [-0.25, -0.2) is 4.98 Å². The molecule has 1 unspecified atom stereocenters. The summed E-state index contributed by atoms with van der Waals surface area (Å²) in [7, 11) is 0. The van der Waals surface area contributed by atoms with Gasteiger partial charge < -0.3 is 15.8 Å². The molecule has 3 aromatic heterocycles. The minimum Gasteiger partial charge on any atom is -0.380 e. The van der Waals surface area contributed by atoms with Crippen molar-refractivity contribution in [2.24, 2.45) is 5.73 Å². The van der Waals surface area contributed by atoms with Crippen LogP contribution in [0, 0.1) is 0 Å². The number of anilines is 1. The van der Waals surface area contributed by atoms with Gasteiger partial charge in [-0.15, -0.1) is 22.7 Å². The number of rotatable bonds is 3. The Morgan fingerprint density at radius 2 is 2.32 bits per heavy atom. The van der Waals surface area contributed by atoms with Gasteiger partial charge in [0.15, 0.2) is 0 Å². The minimum absolute atomic E-state index is 0.314. The Hall–Kier alpha value is -0.700. The van der Waals surface area contributed by atoms with Gasteiger partial charge in [-0.3, -0.25) is 0 Å². The molecule has 1 aliphatic heterocycles. The number of thiophene rings is 2. The molecular formula is C17H19BrClN3OS2. The number of fused-ring (bicyclic) bond motifs is 1. The third-order valence-electron chi connectivity index (χ3n) is 3.68. The van der Waals surface area contributed by atoms with E-state index in [0.29, 0.717) is 11.2 Å². The zero-order chi connectivity index (χ0) is 17.6. The second-order valence-electron chi connectivity index (χ2n) is 5.66. The summed E-state index contributed by atoms with van der Waals surface area (Å²) in [4.78, 5) is 5.63. The molecule has 0 bridgehead atoms. The molecule has 1 fully saturated rings. The first-order chi connectivity index (χ1) is 12.1. The molecule has 0 radical (unpaired) electrons. The summed E-state index contributed by atoms with van der Waals surface area (Å²) in [6.45, 7) is 2.48. The molecule has 1 atom stereocenters. The summed E-state index contributed by atoms with van der Waals surface area (Å²) < 4.78 is 7.17. The van der Waals surface area contributed by atoms with Gasteiger partial charge in [0.25, 0.3) is 0 Å². The van der Waals surface area contributed by atoms with Gasteiger partial charge in [0.2, 0.25) is 0 Å². The van der Waals surface area contributed by atoms with Crippen molar-refractivity contribution in [1.82, 2.24) is 4.98 Å². The zero-order valence-electron chi connectivity index (χ0n) is 13.5. The maximum atomic E-state index is 6.05. The SMILES string of the molecule is Clc1cc(NCc2cccs2)c2scc(Br)c2n1.NC1CCCOC1. The van der Waals surface area contributed by atoms with Crippen LogP contribution in [0.15, 0.2) is 33.4 Å². The number of hydrogen-bond acceptors (Lipinski definition) is 6. The second-order valence-corrected chi connectivity index (χ2v) is 8.82. The zero-order valence-corrected chi connectivity index (χ0v) is 17.5. The first-order valence-electron chi connectivity index (χ1n) is 7.96. The van der Waals surface area contributed by atoms with Gasteiger partial charge in [0.05, 0.1) is 27.0 Å². The predicted octanol–water partition coefficient (Wildman–Crippen LogP) is 5.51. The Morgan fingerprint density at radius 1 is 1.44 bits per heavy atom. The van der Waals surface area contributed by atoms with Crippen LogP contribution in [0.25, 0.3) is 10.2 Å². The van der Waals surface area contributed by atoms with Gasteiger partial charge in [0, 0.05) is 35.5 Å². The van der Waals surface area contributed by atoms with Crippen LogP contribution in [0.3, 0.4) is 0 Å². The molecule has 0 aliphatic carbocycles. The lowest BCUT2D eigenvalue weighted by atomic mass is 10.1. The highest BCUT2D eigenvalue weighted by Crippen LogP contribution is 2.35. The molecule has 3 N–H and O–H groups in total. The van der Waals surface area contributed by atoms with Crippen LogP contribution in [0.2, 0.25) is 5.15 Å². The standard InChI is InChI=1S/C12H8BrClN2S2.C5H11NO/c13-8-6-18-12-9(4-10(14)16-11(8)12)15-5-7-2-1-3-17-7;6-5-2-1-3-7-4-5/h1-4,6H,5H2,(H,15,16);5H,1-4,6H2. The molecule has 0 spiro atoms. The molecular weight excluding hydrogens is 442 g/mol. The molecule has 1 aliphatic rings. The number of nitrogens with one attached hydrogen (secondary N) is 1. The van der Waals surface area contributed by atoms with Crippen LogP contribution in [-0.2, 0) is 11.3 Å². The Labute approximate surface area is 168 Å². The molecule has 1 saturated heterocycles. The van der Waals surface area contributed by atoms with Crippen molar-refractivity contribution in [3.05, 3.63) is 43.5 Å². The summed E-state index contributed by atoms with van der Waals surface area (Å²) in [6, 6.07) is 6.36. The lowest BCUT2D eigenvalue weighted by Gasteiger charge is -2.16. The van der Waals surface area contributed by atoms with E-state index in [4.69, 9.17) is 22.1 Å². The van der Waals surface area contributed by atoms with Gasteiger partial charge in [-0.05, 0) is 40.2 Å². The fraction of sp³-hybridized carbons (Fsp3) is 0.353. The maximum Gasteiger partial charge on any atom is 0.131 e. The van der Waals surface area contributed by atoms with E-state index in [9.17, 15) is 0 Å². The van der Waals surface area contributed by atoms with Crippen molar-refractivity contribution >= 4 is 66.1 Å². The Bertz CT molecular complexity index is 804. The van der Waals surface area contributed by atoms with E-state index in [-0.39, 0.29) is 0 Å². The molecule has 0 aromatic carbocycles. The van der Waals surface area contributed by atoms with Crippen molar-refractivity contribution in [3.8, 4) is 0 Å². The summed E-state index contributed by atoms with van der Waals surface area (Å²) in [5, 5.41) is 8.04. The smallest absolute Gasteiger partial charge is 0.131 e. The third-order valence-corrected chi connectivity index (χ3v) is 6.66. The molecule has 3 aromatic rings. The maximum absolute atomic E-state index is 6.05. The van der Waals surface area contributed by atoms with Crippen LogP contribution in [0.1, 0.15) is 17.7 Å². The van der Waals surface area contributed by atoms with Crippen LogP contribution < -0.4 is 11.1 Å². The Morgan fingerprint density at radius 3 is 2.96 bits per heavy atom. The van der Waals surface area contributed by atoms with Crippen molar-refractivity contribution < 1.29 is 4.74 Å². The van der Waals surface area contributed by atoms with E-state index >= 15 is 0 Å². The lowest BCUT2D eigenvalue weighted by Crippen LogP contribution is -2.30. The average Bonchev–Trinajstić information content (AvgIpc) is 3.25. The molecule has 4 nitrogen and oxygen atoms in total. The van der Waals surface area contributed by atoms with E-state index in [0.717, 1.165) is 53.0 Å². The fourth-order valence-corrected chi connectivity index (χ4v) is 4.84. The normalized spacial score (nSPS) is 17.2. The predicted molar refractivity (Wildman–Crippen MR) is 112 cm³/mol. The highest BCUT2D eigenvalue weighted by atomic mass is 79.9. The van der Waals surface area contributed by atoms with Gasteiger partial charge in [-0.1, -0.05) is 17.7 Å². The fourth-order valence-electron chi connectivity index (χ4n) is 2.44. The van der Waals surface area contributed by atoms with Gasteiger partial charge >= 0.3 is 0 Å². The van der Waals surface area contributed by atoms with E-state index in [1.165, 1.54) is 4.88 Å². The highest BCUT2D eigenvalue weighted by molar-refractivity contribution is 9.10. The van der Waals surface area contributed by atoms with Crippen LogP contribution in [-0.4, -0.2) is 24.2 Å². The van der Waals surface area contributed by atoms with Crippen LogP contribution in [0.5, 0.6) is 0 Å². The number of halogens is 2. The van der Waals surface area contributed by atoms with E-state index in [1.807, 2.05) is 11.4 Å². The summed E-state index contributed by atoms with van der Waals surface area (Å²) in [6.07, 6.45) is 2.28. The van der Waals surface area contributed by atoms with Crippen molar-refractivity contribution in [3.63, 3.8) is 0 Å². The number of pyridine rings is 1. The summed E-state index contributed by atoms with van der Waals surface area (Å²) >= 11 is 12.9. The molecule has 0 saturated carbocycles. The number of nitrogens with zero attached hydrogens (tertiary/aromatic N) is 1. The van der Waals surface area contributed by atoms with E-state index < -0.39 is 0 Å². The Kier molecular flexibility index (Phi) is 7.09. The number of aromatic nitrogens is 1. The van der Waals surface area contributed by atoms with Crippen molar-refractivity contribution in [2.45, 2.75) is 25.4 Å². The molecule has 25 heavy (non-hydrogen) atoms. The van der Waals surface area contributed by atoms with E-state index in [2.05, 4.69) is 43.7 Å². The van der Waals surface area contributed by atoms with Crippen molar-refractivity contribution in [2.75, 3.05) is 18.5 Å². The molecule has 8 heteroatoms. The number of ether oxygens (including phenoxy) is 1. The van der Waals surface area contributed by atoms with Crippen LogP contribution in [0.4, 0.5) is 5.69 Å². The topological polar surface area (TPSA) is 60.2 Å². The van der Waals surface area contributed by atoms with Crippen LogP contribution >= 0.6 is 50.2 Å². The molecule has 0 amide bonds. The Balaban J connectivity index is 0.000000219. The highest BCUT2D eigenvalue weighted by Gasteiger charge is 2.10. The largest absolute Gasteiger partial charge is 0.380 e. The minimum atomic E-state index is 0.314. The average molecular weight is 461 g/mol. The first-order valence-corrected chi connectivity index (χ1v) is 10.9. The van der Waals surface area contributed by atoms with Gasteiger partial charge in [0.1, 0.15) is 5.15 Å². The number of nitrogens with two attached hydrogens (primary N) is 1. The summed E-state index contributed by atoms with van der Waals surface area (Å²) in [5.41, 5.74) is 7.46. The molecule has 4 rings (SSSR count). The first kappa shape index (κ1) is 19.1. The lowest BCUT2D eigenvalue weighted by molar-refractivity contribution is 0.0822. The second kappa shape index (κ2) is 9.30. The monoisotopic (exact) mass is 459 g/mol. The quantitative estimate of drug-likeness (QED) is 0.506. The molecule has 134 valence electrons. The van der Waals surface area contributed by atoms with Gasteiger partial charge in [-0.2, -0.15) is 0 Å². The number of hydrogen-bond donors (Lipinski definition) is 2.